The Hall–Kier alpha value is -1.65. The van der Waals surface area contributed by atoms with Gasteiger partial charge in [-0.2, -0.15) is 0 Å². The molecule has 2 aromatic rings. The number of anilines is 1. The fraction of sp³-hybridized carbons (Fsp3) is 0.267. The smallest absolute Gasteiger partial charge is 0.123 e. The summed E-state index contributed by atoms with van der Waals surface area (Å²) >= 11 is 6.18. The van der Waals surface area contributed by atoms with Crippen LogP contribution >= 0.6 is 11.6 Å². The van der Waals surface area contributed by atoms with Crippen molar-refractivity contribution in [2.75, 3.05) is 11.4 Å². The molecular formula is C15H14ClFN2O. The first kappa shape index (κ1) is 13.3. The Kier molecular flexibility index (Phi) is 3.59. The maximum absolute atomic E-state index is 13.4. The van der Waals surface area contributed by atoms with Crippen molar-refractivity contribution in [3.8, 4) is 0 Å². The number of hydrogen-bond donors (Lipinski definition) is 1. The van der Waals surface area contributed by atoms with Gasteiger partial charge in [-0.05, 0) is 30.2 Å². The number of aliphatic hydroxyl groups is 1. The molecule has 3 rings (SSSR count). The molecule has 104 valence electrons. The van der Waals surface area contributed by atoms with Crippen LogP contribution in [0.1, 0.15) is 18.0 Å². The lowest BCUT2D eigenvalue weighted by Crippen LogP contribution is -2.24. The van der Waals surface area contributed by atoms with Crippen molar-refractivity contribution >= 4 is 17.3 Å². The zero-order valence-electron chi connectivity index (χ0n) is 10.7. The SMILES string of the molecule is OC1CC(c2cccc(F)c2)N(c2ccncc2Cl)C1. The van der Waals surface area contributed by atoms with E-state index in [0.717, 1.165) is 11.3 Å². The van der Waals surface area contributed by atoms with E-state index in [1.54, 1.807) is 18.5 Å². The van der Waals surface area contributed by atoms with E-state index in [0.29, 0.717) is 18.0 Å². The molecule has 5 heteroatoms. The molecule has 0 radical (unpaired) electrons. The summed E-state index contributed by atoms with van der Waals surface area (Å²) in [5, 5.41) is 10.5. The van der Waals surface area contributed by atoms with Gasteiger partial charge in [0.15, 0.2) is 0 Å². The summed E-state index contributed by atoms with van der Waals surface area (Å²) in [4.78, 5) is 5.97. The fourth-order valence-electron chi connectivity index (χ4n) is 2.71. The number of hydrogen-bond acceptors (Lipinski definition) is 3. The molecule has 1 aliphatic heterocycles. The van der Waals surface area contributed by atoms with Crippen LogP contribution in [0.25, 0.3) is 0 Å². The Morgan fingerprint density at radius 2 is 2.20 bits per heavy atom. The van der Waals surface area contributed by atoms with Gasteiger partial charge in [-0.25, -0.2) is 4.39 Å². The third kappa shape index (κ3) is 2.49. The van der Waals surface area contributed by atoms with Crippen molar-refractivity contribution in [1.82, 2.24) is 4.98 Å². The van der Waals surface area contributed by atoms with E-state index in [2.05, 4.69) is 4.98 Å². The molecule has 1 fully saturated rings. The van der Waals surface area contributed by atoms with Crippen molar-refractivity contribution in [1.29, 1.82) is 0 Å². The van der Waals surface area contributed by atoms with Crippen molar-refractivity contribution in [3.63, 3.8) is 0 Å². The Morgan fingerprint density at radius 1 is 1.35 bits per heavy atom. The Labute approximate surface area is 121 Å². The summed E-state index contributed by atoms with van der Waals surface area (Å²) in [6, 6.07) is 8.20. The number of aromatic nitrogens is 1. The topological polar surface area (TPSA) is 36.4 Å². The second-order valence-electron chi connectivity index (χ2n) is 4.94. The van der Waals surface area contributed by atoms with Crippen LogP contribution in [0.4, 0.5) is 10.1 Å². The van der Waals surface area contributed by atoms with Crippen molar-refractivity contribution < 1.29 is 9.50 Å². The van der Waals surface area contributed by atoms with Gasteiger partial charge in [-0.1, -0.05) is 23.7 Å². The second kappa shape index (κ2) is 5.38. The summed E-state index contributed by atoms with van der Waals surface area (Å²) in [5.41, 5.74) is 1.65. The molecule has 1 aliphatic rings. The standard InChI is InChI=1S/C15H14ClFN2O/c16-13-8-18-5-4-14(13)19-9-12(20)7-15(19)10-2-1-3-11(17)6-10/h1-6,8,12,15,20H,7,9H2. The summed E-state index contributed by atoms with van der Waals surface area (Å²) in [7, 11) is 0. The fourth-order valence-corrected chi connectivity index (χ4v) is 2.94. The lowest BCUT2D eigenvalue weighted by atomic mass is 10.0. The normalized spacial score (nSPS) is 22.2. The minimum absolute atomic E-state index is 0.0828. The Morgan fingerprint density at radius 3 is 2.95 bits per heavy atom. The number of β-amino-alcohol motifs (C(OH)–C–C–N with tert-alkyl or cyclic N) is 1. The van der Waals surface area contributed by atoms with E-state index in [-0.39, 0.29) is 11.9 Å². The second-order valence-corrected chi connectivity index (χ2v) is 5.35. The molecule has 1 aromatic carbocycles. The zero-order chi connectivity index (χ0) is 14.1. The molecule has 1 N–H and O–H groups in total. The number of aliphatic hydroxyl groups excluding tert-OH is 1. The highest BCUT2D eigenvalue weighted by Gasteiger charge is 2.33. The Balaban J connectivity index is 1.99. The quantitative estimate of drug-likeness (QED) is 0.923. The van der Waals surface area contributed by atoms with Crippen molar-refractivity contribution in [3.05, 3.63) is 59.1 Å². The van der Waals surface area contributed by atoms with Crippen LogP contribution in [-0.4, -0.2) is 22.7 Å². The lowest BCUT2D eigenvalue weighted by Gasteiger charge is -2.27. The van der Waals surface area contributed by atoms with E-state index in [1.165, 1.54) is 12.1 Å². The van der Waals surface area contributed by atoms with Crippen LogP contribution in [0.2, 0.25) is 5.02 Å². The third-order valence-electron chi connectivity index (χ3n) is 3.57. The first-order valence-electron chi connectivity index (χ1n) is 6.45. The summed E-state index contributed by atoms with van der Waals surface area (Å²) in [6.45, 7) is 0.477. The number of nitrogens with zero attached hydrogens (tertiary/aromatic N) is 2. The highest BCUT2D eigenvalue weighted by atomic mass is 35.5. The predicted octanol–water partition coefficient (Wildman–Crippen LogP) is 3.19. The van der Waals surface area contributed by atoms with Gasteiger partial charge in [-0.3, -0.25) is 4.98 Å². The molecule has 2 unspecified atom stereocenters. The number of halogens is 2. The largest absolute Gasteiger partial charge is 0.391 e. The molecule has 0 aliphatic carbocycles. The summed E-state index contributed by atoms with van der Waals surface area (Å²) < 4.78 is 13.4. The van der Waals surface area contributed by atoms with E-state index >= 15 is 0 Å². The maximum Gasteiger partial charge on any atom is 0.123 e. The minimum Gasteiger partial charge on any atom is -0.391 e. The predicted molar refractivity (Wildman–Crippen MR) is 76.4 cm³/mol. The van der Waals surface area contributed by atoms with Gasteiger partial charge in [0, 0.05) is 18.9 Å². The molecule has 0 amide bonds. The number of pyridine rings is 1. The first-order chi connectivity index (χ1) is 9.65. The molecule has 2 heterocycles. The van der Waals surface area contributed by atoms with Crippen LogP contribution in [0.5, 0.6) is 0 Å². The molecule has 1 aromatic heterocycles. The van der Waals surface area contributed by atoms with Crippen LogP contribution < -0.4 is 4.90 Å². The summed E-state index contributed by atoms with van der Waals surface area (Å²) in [6.07, 6.45) is 3.34. The van der Waals surface area contributed by atoms with Crippen LogP contribution in [0.15, 0.2) is 42.7 Å². The molecule has 3 nitrogen and oxygen atoms in total. The zero-order valence-corrected chi connectivity index (χ0v) is 11.5. The maximum atomic E-state index is 13.4. The molecular weight excluding hydrogens is 279 g/mol. The van der Waals surface area contributed by atoms with E-state index in [9.17, 15) is 9.50 Å². The lowest BCUT2D eigenvalue weighted by molar-refractivity contribution is 0.194. The number of rotatable bonds is 2. The van der Waals surface area contributed by atoms with Crippen molar-refractivity contribution in [2.45, 2.75) is 18.6 Å². The van der Waals surface area contributed by atoms with Crippen LogP contribution in [0, 0.1) is 5.82 Å². The first-order valence-corrected chi connectivity index (χ1v) is 6.82. The number of benzene rings is 1. The molecule has 0 spiro atoms. The van der Waals surface area contributed by atoms with E-state index < -0.39 is 6.10 Å². The van der Waals surface area contributed by atoms with E-state index in [4.69, 9.17) is 11.6 Å². The highest BCUT2D eigenvalue weighted by Crippen LogP contribution is 2.39. The monoisotopic (exact) mass is 292 g/mol. The van der Waals surface area contributed by atoms with E-state index in [1.807, 2.05) is 17.0 Å². The van der Waals surface area contributed by atoms with Gasteiger partial charge in [0.1, 0.15) is 5.82 Å². The molecule has 2 atom stereocenters. The van der Waals surface area contributed by atoms with Gasteiger partial charge < -0.3 is 10.0 Å². The van der Waals surface area contributed by atoms with Gasteiger partial charge in [-0.15, -0.1) is 0 Å². The Bertz CT molecular complexity index is 622. The third-order valence-corrected chi connectivity index (χ3v) is 3.86. The molecule has 0 bridgehead atoms. The molecule has 1 saturated heterocycles. The molecule has 20 heavy (non-hydrogen) atoms. The minimum atomic E-state index is -0.451. The summed E-state index contributed by atoms with van der Waals surface area (Å²) in [5.74, 6) is -0.273. The van der Waals surface area contributed by atoms with Gasteiger partial charge in [0.2, 0.25) is 0 Å². The van der Waals surface area contributed by atoms with Gasteiger partial charge in [0.25, 0.3) is 0 Å². The van der Waals surface area contributed by atoms with Gasteiger partial charge in [0.05, 0.1) is 22.9 Å². The average molecular weight is 293 g/mol. The highest BCUT2D eigenvalue weighted by molar-refractivity contribution is 6.33. The van der Waals surface area contributed by atoms with Crippen LogP contribution in [-0.2, 0) is 0 Å². The average Bonchev–Trinajstić information content (AvgIpc) is 2.81. The molecule has 0 saturated carbocycles. The van der Waals surface area contributed by atoms with Crippen LogP contribution in [0.3, 0.4) is 0 Å². The van der Waals surface area contributed by atoms with Gasteiger partial charge >= 0.3 is 0 Å². The van der Waals surface area contributed by atoms with Crippen molar-refractivity contribution in [2.24, 2.45) is 0 Å².